The van der Waals surface area contributed by atoms with Crippen LogP contribution in [0, 0.1) is 0 Å². The molecule has 0 spiro atoms. The van der Waals surface area contributed by atoms with Crippen LogP contribution < -0.4 is 15.8 Å². The Bertz CT molecular complexity index is 1640. The molecular formula is C20H17N9O2S2. The maximum atomic E-state index is 13.9. The number of nitrogens with zero attached hydrogens (tertiary/aromatic N) is 7. The second-order valence-electron chi connectivity index (χ2n) is 7.70. The van der Waals surface area contributed by atoms with Gasteiger partial charge in [0.1, 0.15) is 21.7 Å². The fourth-order valence-electron chi connectivity index (χ4n) is 4.27. The van der Waals surface area contributed by atoms with Crippen LogP contribution in [0.15, 0.2) is 53.6 Å². The average Bonchev–Trinajstić information content (AvgIpc) is 3.45. The summed E-state index contributed by atoms with van der Waals surface area (Å²) in [5.41, 5.74) is 14.7. The highest BCUT2D eigenvalue weighted by atomic mass is 32.2. The lowest BCUT2D eigenvalue weighted by Gasteiger charge is -2.35. The summed E-state index contributed by atoms with van der Waals surface area (Å²) in [6, 6.07) is 12.1. The van der Waals surface area contributed by atoms with E-state index in [0.29, 0.717) is 34.2 Å². The van der Waals surface area contributed by atoms with Crippen molar-refractivity contribution in [3.05, 3.63) is 54.2 Å². The van der Waals surface area contributed by atoms with Crippen LogP contribution in [-0.2, 0) is 16.4 Å². The van der Waals surface area contributed by atoms with Crippen molar-refractivity contribution in [1.29, 1.82) is 0 Å². The maximum absolute atomic E-state index is 13.9. The minimum absolute atomic E-state index is 0.0325. The molecule has 33 heavy (non-hydrogen) atoms. The van der Waals surface area contributed by atoms with E-state index in [9.17, 15) is 8.42 Å². The largest absolute Gasteiger partial charge is 0.383 e. The highest BCUT2D eigenvalue weighted by Gasteiger charge is 2.36. The zero-order valence-electron chi connectivity index (χ0n) is 17.0. The maximum Gasteiger partial charge on any atom is 0.266 e. The topological polar surface area (TPSA) is 159 Å². The summed E-state index contributed by atoms with van der Waals surface area (Å²) in [4.78, 5) is 8.41. The van der Waals surface area contributed by atoms with Gasteiger partial charge in [-0.15, -0.1) is 0 Å². The Morgan fingerprint density at radius 2 is 1.88 bits per heavy atom. The number of nitrogen functional groups attached to an aromatic ring is 2. The lowest BCUT2D eigenvalue weighted by atomic mass is 10.00. The van der Waals surface area contributed by atoms with Gasteiger partial charge in [0.05, 0.1) is 41.6 Å². The van der Waals surface area contributed by atoms with Gasteiger partial charge >= 0.3 is 0 Å². The van der Waals surface area contributed by atoms with Gasteiger partial charge in [0.25, 0.3) is 10.0 Å². The zero-order valence-corrected chi connectivity index (χ0v) is 18.7. The van der Waals surface area contributed by atoms with E-state index in [2.05, 4.69) is 23.8 Å². The molecule has 0 amide bonds. The number of nitrogens with two attached hydrogens (primary N) is 2. The monoisotopic (exact) mass is 479 g/mol. The van der Waals surface area contributed by atoms with Crippen LogP contribution >= 0.6 is 11.7 Å². The Hall–Kier alpha value is -3.84. The van der Waals surface area contributed by atoms with E-state index in [1.54, 1.807) is 29.1 Å². The van der Waals surface area contributed by atoms with Gasteiger partial charge in [0, 0.05) is 0 Å². The second-order valence-corrected chi connectivity index (χ2v) is 10.1. The molecule has 0 saturated carbocycles. The van der Waals surface area contributed by atoms with Crippen molar-refractivity contribution in [2.24, 2.45) is 0 Å². The van der Waals surface area contributed by atoms with Gasteiger partial charge in [0.2, 0.25) is 5.95 Å². The molecule has 4 heterocycles. The minimum Gasteiger partial charge on any atom is -0.383 e. The van der Waals surface area contributed by atoms with E-state index >= 15 is 0 Å². The molecule has 1 atom stereocenters. The molecular weight excluding hydrogens is 462 g/mol. The Morgan fingerprint density at radius 1 is 1.03 bits per heavy atom. The van der Waals surface area contributed by atoms with Crippen molar-refractivity contribution < 1.29 is 8.42 Å². The fraction of sp³-hybridized carbons (Fsp3) is 0.150. The van der Waals surface area contributed by atoms with Crippen molar-refractivity contribution in [1.82, 2.24) is 28.5 Å². The van der Waals surface area contributed by atoms with Gasteiger partial charge in [-0.25, -0.2) is 13.1 Å². The number of benzene rings is 2. The van der Waals surface area contributed by atoms with Crippen LogP contribution in [-0.4, -0.2) is 43.5 Å². The average molecular weight is 480 g/mol. The summed E-state index contributed by atoms with van der Waals surface area (Å²) < 4.78 is 39.3. The molecule has 0 bridgehead atoms. The molecule has 1 aliphatic heterocycles. The van der Waals surface area contributed by atoms with Gasteiger partial charge in [-0.2, -0.15) is 23.8 Å². The number of para-hydroxylation sites is 1. The molecule has 3 aromatic heterocycles. The van der Waals surface area contributed by atoms with Crippen LogP contribution in [0.3, 0.4) is 0 Å². The van der Waals surface area contributed by atoms with Crippen LogP contribution in [0.4, 0.5) is 17.5 Å². The van der Waals surface area contributed by atoms with E-state index in [4.69, 9.17) is 11.5 Å². The number of hydrogen-bond acceptors (Lipinski definition) is 10. The summed E-state index contributed by atoms with van der Waals surface area (Å²) in [5.74, 6) is 0.261. The van der Waals surface area contributed by atoms with Crippen molar-refractivity contribution in [2.45, 2.75) is 17.4 Å². The van der Waals surface area contributed by atoms with E-state index in [0.717, 1.165) is 17.3 Å². The van der Waals surface area contributed by atoms with Crippen molar-refractivity contribution in [3.63, 3.8) is 0 Å². The van der Waals surface area contributed by atoms with Crippen LogP contribution in [0.25, 0.3) is 22.1 Å². The van der Waals surface area contributed by atoms with Crippen molar-refractivity contribution in [3.8, 4) is 0 Å². The minimum atomic E-state index is -3.95. The predicted octanol–water partition coefficient (Wildman–Crippen LogP) is 1.99. The van der Waals surface area contributed by atoms with E-state index < -0.39 is 10.0 Å². The highest BCUT2D eigenvalue weighted by Crippen LogP contribution is 2.37. The predicted molar refractivity (Wildman–Crippen MR) is 125 cm³/mol. The molecule has 0 radical (unpaired) electrons. The summed E-state index contributed by atoms with van der Waals surface area (Å²) in [7, 11) is -3.95. The Kier molecular flexibility index (Phi) is 4.25. The van der Waals surface area contributed by atoms with Crippen LogP contribution in [0.5, 0.6) is 0 Å². The Labute approximate surface area is 192 Å². The SMILES string of the molecule is Nc1nc(N)c2cnn(C3Cc4ccccc4N(S(=O)(=O)c4cccc5nsnc45)C3)c2n1. The lowest BCUT2D eigenvalue weighted by Crippen LogP contribution is -2.41. The standard InChI is InChI=1S/C20H17N9O2S2/c21-18-13-9-23-29(19(13)25-20(22)24-18)12-8-11-4-1-2-6-15(11)28(10-12)33(30,31)16-7-3-5-14-17(16)27-32-26-14/h1-7,9,12H,8,10H2,(H4,21,22,24,25). The van der Waals surface area contributed by atoms with Gasteiger partial charge < -0.3 is 11.5 Å². The molecule has 1 unspecified atom stereocenters. The van der Waals surface area contributed by atoms with Gasteiger partial charge in [-0.1, -0.05) is 24.3 Å². The van der Waals surface area contributed by atoms with Crippen molar-refractivity contribution >= 4 is 61.3 Å². The smallest absolute Gasteiger partial charge is 0.266 e. The summed E-state index contributed by atoms with van der Waals surface area (Å²) in [6.07, 6.45) is 2.14. The van der Waals surface area contributed by atoms with E-state index in [1.165, 1.54) is 4.31 Å². The second kappa shape index (κ2) is 7.08. The summed E-state index contributed by atoms with van der Waals surface area (Å²) in [5, 5.41) is 5.03. The number of anilines is 3. The molecule has 0 aliphatic carbocycles. The van der Waals surface area contributed by atoms with Gasteiger partial charge in [-0.05, 0) is 30.2 Å². The molecule has 0 fully saturated rings. The number of aromatic nitrogens is 6. The number of fused-ring (bicyclic) bond motifs is 3. The third kappa shape index (κ3) is 3.00. The molecule has 166 valence electrons. The number of sulfonamides is 1. The first-order chi connectivity index (χ1) is 15.9. The summed E-state index contributed by atoms with van der Waals surface area (Å²) >= 11 is 0.983. The Morgan fingerprint density at radius 3 is 2.76 bits per heavy atom. The first kappa shape index (κ1) is 19.8. The van der Waals surface area contributed by atoms with E-state index in [-0.39, 0.29) is 29.2 Å². The molecule has 1 aliphatic rings. The third-order valence-electron chi connectivity index (χ3n) is 5.76. The zero-order chi connectivity index (χ0) is 22.7. The first-order valence-corrected chi connectivity index (χ1v) is 12.2. The number of rotatable bonds is 3. The molecule has 5 aromatic rings. The molecule has 4 N–H and O–H groups in total. The summed E-state index contributed by atoms with van der Waals surface area (Å²) in [6.45, 7) is 0.147. The van der Waals surface area contributed by atoms with Gasteiger partial charge in [0.15, 0.2) is 5.65 Å². The van der Waals surface area contributed by atoms with Crippen molar-refractivity contribution in [2.75, 3.05) is 22.3 Å². The first-order valence-electron chi connectivity index (χ1n) is 10.0. The van der Waals surface area contributed by atoms with Crippen LogP contribution in [0.1, 0.15) is 11.6 Å². The lowest BCUT2D eigenvalue weighted by molar-refractivity contribution is 0.456. The molecule has 2 aromatic carbocycles. The molecule has 13 heteroatoms. The quantitative estimate of drug-likeness (QED) is 0.394. The van der Waals surface area contributed by atoms with Crippen LogP contribution in [0.2, 0.25) is 0 Å². The van der Waals surface area contributed by atoms with Gasteiger partial charge in [-0.3, -0.25) is 4.31 Å². The molecule has 0 saturated heterocycles. The van der Waals surface area contributed by atoms with E-state index in [1.807, 2.05) is 24.3 Å². The normalized spacial score (nSPS) is 16.4. The fourth-order valence-corrected chi connectivity index (χ4v) is 6.56. The Balaban J connectivity index is 1.51. The highest BCUT2D eigenvalue weighted by molar-refractivity contribution is 7.93. The molecule has 11 nitrogen and oxygen atoms in total. The third-order valence-corrected chi connectivity index (χ3v) is 8.11. The molecule has 6 rings (SSSR count). The number of hydrogen-bond donors (Lipinski definition) is 2.